The van der Waals surface area contributed by atoms with Crippen molar-refractivity contribution in [2.75, 3.05) is 18.2 Å². The monoisotopic (exact) mass is 273 g/mol. The third kappa shape index (κ3) is 2.72. The molecule has 0 fully saturated rings. The third-order valence-electron chi connectivity index (χ3n) is 2.64. The molecule has 0 aliphatic rings. The number of methoxy groups -OCH3 is 1. The largest absolute Gasteiger partial charge is 0.495 e. The molecule has 0 unspecified atom stereocenters. The minimum Gasteiger partial charge on any atom is -0.495 e. The molecule has 0 spiro atoms. The molecule has 5 heteroatoms. The number of nitrogen functional groups attached to an aromatic ring is 1. The van der Waals surface area contributed by atoms with Crippen molar-refractivity contribution in [1.82, 2.24) is 0 Å². The van der Waals surface area contributed by atoms with Crippen molar-refractivity contribution in [3.8, 4) is 11.8 Å². The van der Waals surface area contributed by atoms with Gasteiger partial charge in [-0.25, -0.2) is 0 Å². The van der Waals surface area contributed by atoms with Gasteiger partial charge < -0.3 is 15.8 Å². The molecule has 0 aliphatic heterocycles. The van der Waals surface area contributed by atoms with Crippen LogP contribution >= 0.6 is 11.6 Å². The number of ether oxygens (including phenoxy) is 1. The van der Waals surface area contributed by atoms with E-state index in [9.17, 15) is 0 Å². The summed E-state index contributed by atoms with van der Waals surface area (Å²) in [7, 11) is 1.54. The van der Waals surface area contributed by atoms with Crippen LogP contribution in [0.1, 0.15) is 5.56 Å². The summed E-state index contributed by atoms with van der Waals surface area (Å²) >= 11 is 5.94. The van der Waals surface area contributed by atoms with Crippen LogP contribution in [-0.2, 0) is 0 Å². The van der Waals surface area contributed by atoms with Gasteiger partial charge >= 0.3 is 0 Å². The Kier molecular flexibility index (Phi) is 3.79. The van der Waals surface area contributed by atoms with E-state index in [4.69, 9.17) is 27.3 Å². The fraction of sp³-hybridized carbons (Fsp3) is 0.0714. The highest BCUT2D eigenvalue weighted by molar-refractivity contribution is 6.31. The van der Waals surface area contributed by atoms with Gasteiger partial charge in [0.05, 0.1) is 29.7 Å². The van der Waals surface area contributed by atoms with Gasteiger partial charge in [-0.3, -0.25) is 0 Å². The Morgan fingerprint density at radius 1 is 1.32 bits per heavy atom. The van der Waals surface area contributed by atoms with Crippen molar-refractivity contribution in [2.45, 2.75) is 0 Å². The fourth-order valence-corrected chi connectivity index (χ4v) is 1.87. The number of nitrogens with two attached hydrogens (primary N) is 1. The molecule has 19 heavy (non-hydrogen) atoms. The number of hydrogen-bond donors (Lipinski definition) is 2. The molecule has 3 N–H and O–H groups in total. The van der Waals surface area contributed by atoms with Gasteiger partial charge in [0.1, 0.15) is 11.8 Å². The Labute approximate surface area is 116 Å². The predicted octanol–water partition coefficient (Wildman–Crippen LogP) is 3.55. The highest BCUT2D eigenvalue weighted by atomic mass is 35.5. The van der Waals surface area contributed by atoms with Crippen molar-refractivity contribution in [2.24, 2.45) is 0 Å². The lowest BCUT2D eigenvalue weighted by Gasteiger charge is -2.14. The summed E-state index contributed by atoms with van der Waals surface area (Å²) in [6.07, 6.45) is 0. The van der Waals surface area contributed by atoms with Gasteiger partial charge in [0.25, 0.3) is 0 Å². The Bertz CT molecular complexity index is 650. The molecular formula is C14H12ClN3O. The van der Waals surface area contributed by atoms with Crippen LogP contribution in [0.25, 0.3) is 0 Å². The maximum absolute atomic E-state index is 9.14. The van der Waals surface area contributed by atoms with Crippen LogP contribution in [0, 0.1) is 11.3 Å². The van der Waals surface area contributed by atoms with Crippen molar-refractivity contribution in [3.63, 3.8) is 0 Å². The van der Waals surface area contributed by atoms with Gasteiger partial charge in [-0.1, -0.05) is 17.7 Å². The average molecular weight is 274 g/mol. The molecule has 96 valence electrons. The molecule has 0 amide bonds. The van der Waals surface area contributed by atoms with E-state index in [1.54, 1.807) is 43.5 Å². The van der Waals surface area contributed by atoms with Crippen molar-refractivity contribution in [3.05, 3.63) is 47.0 Å². The number of nitrogens with zero attached hydrogens (tertiary/aromatic N) is 1. The summed E-state index contributed by atoms with van der Waals surface area (Å²) in [5, 5.41) is 12.8. The Hall–Kier alpha value is -2.38. The molecule has 2 rings (SSSR count). The molecule has 4 nitrogen and oxygen atoms in total. The molecule has 2 aromatic carbocycles. The standard InChI is InChI=1S/C14H12ClN3O/c1-19-13-4-2-3-9(8-16)14(13)18-12-7-10(15)5-6-11(12)17/h2-7,18H,17H2,1H3. The first kappa shape index (κ1) is 13.1. The quantitative estimate of drug-likeness (QED) is 0.839. The number of nitriles is 1. The van der Waals surface area contributed by atoms with Crippen LogP contribution in [0.4, 0.5) is 17.1 Å². The smallest absolute Gasteiger partial charge is 0.143 e. The molecular weight excluding hydrogens is 262 g/mol. The number of para-hydroxylation sites is 1. The first-order valence-electron chi connectivity index (χ1n) is 5.55. The highest BCUT2D eigenvalue weighted by Crippen LogP contribution is 2.33. The van der Waals surface area contributed by atoms with E-state index in [2.05, 4.69) is 11.4 Å². The number of nitrogens with one attached hydrogen (secondary N) is 1. The van der Waals surface area contributed by atoms with Gasteiger partial charge in [-0.2, -0.15) is 5.26 Å². The van der Waals surface area contributed by atoms with Gasteiger partial charge in [-0.05, 0) is 30.3 Å². The van der Waals surface area contributed by atoms with Crippen molar-refractivity contribution in [1.29, 1.82) is 5.26 Å². The van der Waals surface area contributed by atoms with Crippen LogP contribution in [0.5, 0.6) is 5.75 Å². The summed E-state index contributed by atoms with van der Waals surface area (Å²) in [5.74, 6) is 0.568. The van der Waals surface area contributed by atoms with Crippen LogP contribution in [0.3, 0.4) is 0 Å². The zero-order valence-electron chi connectivity index (χ0n) is 10.3. The minimum absolute atomic E-state index is 0.471. The molecule has 0 aromatic heterocycles. The number of halogens is 1. The van der Waals surface area contributed by atoms with Crippen LogP contribution in [-0.4, -0.2) is 7.11 Å². The van der Waals surface area contributed by atoms with E-state index < -0.39 is 0 Å². The average Bonchev–Trinajstić information content (AvgIpc) is 2.43. The second-order valence-corrected chi connectivity index (χ2v) is 4.29. The zero-order valence-corrected chi connectivity index (χ0v) is 11.0. The molecule has 0 radical (unpaired) electrons. The maximum Gasteiger partial charge on any atom is 0.143 e. The highest BCUT2D eigenvalue weighted by Gasteiger charge is 2.10. The summed E-state index contributed by atoms with van der Waals surface area (Å²) in [6, 6.07) is 12.4. The Balaban J connectivity index is 2.48. The topological polar surface area (TPSA) is 71.1 Å². The second-order valence-electron chi connectivity index (χ2n) is 3.85. The Morgan fingerprint density at radius 2 is 2.11 bits per heavy atom. The summed E-state index contributed by atoms with van der Waals surface area (Å²) in [5.41, 5.74) is 8.09. The first-order valence-corrected chi connectivity index (χ1v) is 5.92. The van der Waals surface area contributed by atoms with E-state index in [1.807, 2.05) is 0 Å². The van der Waals surface area contributed by atoms with Gasteiger partial charge in [0.2, 0.25) is 0 Å². The van der Waals surface area contributed by atoms with E-state index in [1.165, 1.54) is 0 Å². The van der Waals surface area contributed by atoms with E-state index in [-0.39, 0.29) is 0 Å². The lowest BCUT2D eigenvalue weighted by molar-refractivity contribution is 0.416. The molecule has 0 heterocycles. The van der Waals surface area contributed by atoms with E-state index in [0.717, 1.165) is 0 Å². The number of anilines is 3. The fourth-order valence-electron chi connectivity index (χ4n) is 1.69. The Morgan fingerprint density at radius 3 is 2.79 bits per heavy atom. The van der Waals surface area contributed by atoms with Gasteiger partial charge in [0.15, 0.2) is 0 Å². The molecule has 0 saturated heterocycles. The van der Waals surface area contributed by atoms with Gasteiger partial charge in [-0.15, -0.1) is 0 Å². The first-order chi connectivity index (χ1) is 9.15. The molecule has 0 atom stereocenters. The SMILES string of the molecule is COc1cccc(C#N)c1Nc1cc(Cl)ccc1N. The van der Waals surface area contributed by atoms with Crippen molar-refractivity contribution >= 4 is 28.7 Å². The maximum atomic E-state index is 9.14. The summed E-state index contributed by atoms with van der Waals surface area (Å²) in [6.45, 7) is 0. The number of rotatable bonds is 3. The molecule has 0 bridgehead atoms. The minimum atomic E-state index is 0.471. The van der Waals surface area contributed by atoms with Crippen LogP contribution < -0.4 is 15.8 Å². The van der Waals surface area contributed by atoms with E-state index in [0.29, 0.717) is 33.4 Å². The normalized spacial score (nSPS) is 9.74. The number of hydrogen-bond acceptors (Lipinski definition) is 4. The zero-order chi connectivity index (χ0) is 13.8. The van der Waals surface area contributed by atoms with Gasteiger partial charge in [0, 0.05) is 5.02 Å². The molecule has 0 saturated carbocycles. The lowest BCUT2D eigenvalue weighted by Crippen LogP contribution is -2.00. The predicted molar refractivity (Wildman–Crippen MR) is 76.9 cm³/mol. The molecule has 2 aromatic rings. The lowest BCUT2D eigenvalue weighted by atomic mass is 10.1. The summed E-state index contributed by atoms with van der Waals surface area (Å²) in [4.78, 5) is 0. The summed E-state index contributed by atoms with van der Waals surface area (Å²) < 4.78 is 5.24. The second kappa shape index (κ2) is 5.51. The van der Waals surface area contributed by atoms with Crippen LogP contribution in [0.2, 0.25) is 5.02 Å². The third-order valence-corrected chi connectivity index (χ3v) is 2.88. The van der Waals surface area contributed by atoms with Crippen LogP contribution in [0.15, 0.2) is 36.4 Å². The number of benzene rings is 2. The van der Waals surface area contributed by atoms with Crippen molar-refractivity contribution < 1.29 is 4.74 Å². The molecule has 0 aliphatic carbocycles. The van der Waals surface area contributed by atoms with E-state index >= 15 is 0 Å².